The van der Waals surface area contributed by atoms with Crippen molar-refractivity contribution in [2.24, 2.45) is 5.92 Å². The number of pyridine rings is 1. The van der Waals surface area contributed by atoms with Crippen LogP contribution in [0.25, 0.3) is 0 Å². The van der Waals surface area contributed by atoms with Crippen LogP contribution in [0.4, 0.5) is 5.82 Å². The van der Waals surface area contributed by atoms with Gasteiger partial charge in [-0.3, -0.25) is 19.1 Å². The second-order valence-electron chi connectivity index (χ2n) is 7.16. The maximum atomic E-state index is 12.6. The molecule has 0 saturated carbocycles. The molecule has 2 aromatic heterocycles. The molecule has 10 nitrogen and oxygen atoms in total. The van der Waals surface area contributed by atoms with Gasteiger partial charge in [-0.25, -0.2) is 18.2 Å². The minimum absolute atomic E-state index is 0.0633. The number of nitrogen functional groups attached to an aromatic ring is 1. The van der Waals surface area contributed by atoms with Crippen LogP contribution < -0.4 is 17.0 Å². The molecule has 2 heterocycles. The topological polar surface area (TPSA) is 148 Å². The van der Waals surface area contributed by atoms with Crippen molar-refractivity contribution in [2.75, 3.05) is 24.6 Å². The number of anilines is 1. The van der Waals surface area contributed by atoms with E-state index < -0.39 is 27.1 Å². The average Bonchev–Trinajstić information content (AvgIpc) is 2.70. The van der Waals surface area contributed by atoms with Crippen LogP contribution >= 0.6 is 11.8 Å². The van der Waals surface area contributed by atoms with Crippen molar-refractivity contribution in [3.8, 4) is 0 Å². The van der Waals surface area contributed by atoms with E-state index in [0.717, 1.165) is 11.8 Å². The first-order valence-electron chi connectivity index (χ1n) is 9.77. The van der Waals surface area contributed by atoms with E-state index in [9.17, 15) is 22.8 Å². The van der Waals surface area contributed by atoms with Crippen LogP contribution in [-0.2, 0) is 16.6 Å². The molecule has 0 atom stereocenters. The zero-order chi connectivity index (χ0) is 23.3. The predicted molar refractivity (Wildman–Crippen MR) is 120 cm³/mol. The van der Waals surface area contributed by atoms with Gasteiger partial charge in [-0.05, 0) is 18.1 Å². The average molecular weight is 470 g/mol. The van der Waals surface area contributed by atoms with Crippen molar-refractivity contribution < 1.29 is 13.2 Å². The quantitative estimate of drug-likeness (QED) is 0.389. The molecular formula is C19H27N5O5S2. The summed E-state index contributed by atoms with van der Waals surface area (Å²) >= 11 is 1.04. The van der Waals surface area contributed by atoms with Crippen molar-refractivity contribution in [3.63, 3.8) is 0 Å². The van der Waals surface area contributed by atoms with E-state index in [-0.39, 0.29) is 34.5 Å². The van der Waals surface area contributed by atoms with Crippen LogP contribution in [-0.4, -0.2) is 51.9 Å². The molecular weight excluding hydrogens is 442 g/mol. The lowest BCUT2D eigenvalue weighted by Gasteiger charge is -2.18. The van der Waals surface area contributed by atoms with Crippen LogP contribution in [0.5, 0.6) is 0 Å². The minimum atomic E-state index is -3.62. The number of thioether (sulfide) groups is 1. The van der Waals surface area contributed by atoms with Crippen molar-refractivity contribution in [2.45, 2.75) is 44.2 Å². The first-order valence-corrected chi connectivity index (χ1v) is 12.2. The Hall–Kier alpha value is -2.44. The summed E-state index contributed by atoms with van der Waals surface area (Å²) in [4.78, 5) is 43.1. The zero-order valence-electron chi connectivity index (χ0n) is 17.9. The number of nitrogens with two attached hydrogens (primary N) is 1. The van der Waals surface area contributed by atoms with Crippen LogP contribution in [0.3, 0.4) is 0 Å². The first-order chi connectivity index (χ1) is 14.5. The Balaban J connectivity index is 2.20. The third-order valence-electron chi connectivity index (χ3n) is 4.47. The highest BCUT2D eigenvalue weighted by Crippen LogP contribution is 2.21. The summed E-state index contributed by atoms with van der Waals surface area (Å²) in [7, 11) is -3.62. The number of nitrogens with zero attached hydrogens (tertiary/aromatic N) is 3. The number of hydrogen-bond acceptors (Lipinski definition) is 8. The fourth-order valence-electron chi connectivity index (χ4n) is 2.93. The van der Waals surface area contributed by atoms with Gasteiger partial charge in [0, 0.05) is 25.8 Å². The molecule has 2 rings (SSSR count). The lowest BCUT2D eigenvalue weighted by Crippen LogP contribution is -2.37. The van der Waals surface area contributed by atoms with E-state index in [1.54, 1.807) is 13.8 Å². The van der Waals surface area contributed by atoms with Crippen molar-refractivity contribution in [1.29, 1.82) is 0 Å². The molecule has 12 heteroatoms. The fraction of sp³-hybridized carbons (Fsp3) is 0.474. The van der Waals surface area contributed by atoms with Gasteiger partial charge in [-0.15, -0.1) is 0 Å². The van der Waals surface area contributed by atoms with Gasteiger partial charge in [0.15, 0.2) is 5.78 Å². The van der Waals surface area contributed by atoms with Crippen LogP contribution in [0.15, 0.2) is 37.8 Å². The number of nitrogens with one attached hydrogen (secondary N) is 1. The molecule has 0 aromatic carbocycles. The smallest absolute Gasteiger partial charge is 0.329 e. The summed E-state index contributed by atoms with van der Waals surface area (Å²) in [5, 5.41) is 0.414. The number of ketones is 1. The largest absolute Gasteiger partial charge is 0.384 e. The maximum absolute atomic E-state index is 12.6. The molecule has 0 bridgehead atoms. The summed E-state index contributed by atoms with van der Waals surface area (Å²) in [6.45, 7) is 8.22. The number of carbonyl (C=O) groups excluding carboxylic acids is 1. The Morgan fingerprint density at radius 3 is 2.42 bits per heavy atom. The summed E-state index contributed by atoms with van der Waals surface area (Å²) in [6, 6.07) is 2.93. The normalized spacial score (nSPS) is 11.9. The highest BCUT2D eigenvalue weighted by atomic mass is 32.2. The Kier molecular flexibility index (Phi) is 8.21. The van der Waals surface area contributed by atoms with E-state index in [1.807, 2.05) is 13.8 Å². The number of sulfonamides is 1. The monoisotopic (exact) mass is 469 g/mol. The minimum Gasteiger partial charge on any atom is -0.384 e. The molecule has 2 aromatic rings. The fourth-order valence-corrected chi connectivity index (χ4v) is 5.05. The van der Waals surface area contributed by atoms with Crippen LogP contribution in [0.2, 0.25) is 0 Å². The number of aromatic nitrogens is 3. The van der Waals surface area contributed by atoms with Crippen LogP contribution in [0.1, 0.15) is 38.1 Å². The highest BCUT2D eigenvalue weighted by molar-refractivity contribution is 7.99. The number of H-pyrrole nitrogens is 1. The number of Topliss-reactive ketones (excluding diaryl/α,β-unsaturated/α-hetero) is 1. The SMILES string of the molecule is CCN(CC)S(=O)(=O)c1ccc(SCC(=O)c2c(N)n(CC(C)C)c(=O)[nH]c2=O)nc1. The maximum Gasteiger partial charge on any atom is 0.329 e. The Morgan fingerprint density at radius 2 is 1.90 bits per heavy atom. The van der Waals surface area contributed by atoms with Gasteiger partial charge in [0.1, 0.15) is 16.3 Å². The Bertz CT molecular complexity index is 1150. The molecule has 31 heavy (non-hydrogen) atoms. The third kappa shape index (κ3) is 5.63. The number of carbonyl (C=O) groups is 1. The molecule has 0 amide bonds. The molecule has 170 valence electrons. The first kappa shape index (κ1) is 24.8. The van der Waals surface area contributed by atoms with Gasteiger partial charge < -0.3 is 5.73 Å². The summed E-state index contributed by atoms with van der Waals surface area (Å²) in [5.41, 5.74) is 4.19. The molecule has 3 N–H and O–H groups in total. The molecule has 0 unspecified atom stereocenters. The zero-order valence-corrected chi connectivity index (χ0v) is 19.5. The lowest BCUT2D eigenvalue weighted by atomic mass is 10.2. The van der Waals surface area contributed by atoms with Crippen LogP contribution in [0, 0.1) is 5.92 Å². The van der Waals surface area contributed by atoms with E-state index in [4.69, 9.17) is 5.73 Å². The predicted octanol–water partition coefficient (Wildman–Crippen LogP) is 1.18. The molecule has 0 spiro atoms. The van der Waals surface area contributed by atoms with Gasteiger partial charge >= 0.3 is 5.69 Å². The van der Waals surface area contributed by atoms with Gasteiger partial charge in [0.25, 0.3) is 5.56 Å². The second kappa shape index (κ2) is 10.2. The van der Waals surface area contributed by atoms with Gasteiger partial charge in [-0.1, -0.05) is 39.5 Å². The van der Waals surface area contributed by atoms with E-state index in [2.05, 4.69) is 9.97 Å². The summed E-state index contributed by atoms with van der Waals surface area (Å²) in [5.74, 6) is -0.786. The standard InChI is InChI=1S/C19H27N5O5S2/c1-5-23(6-2)31(28,29)13-7-8-15(21-9-13)30-11-14(25)16-17(20)24(10-12(3)4)19(27)22-18(16)26/h7-9,12H,5-6,10-11,20H2,1-4H3,(H,22,26,27). The molecule has 0 saturated heterocycles. The highest BCUT2D eigenvalue weighted by Gasteiger charge is 2.23. The molecule has 0 aliphatic rings. The number of rotatable bonds is 10. The van der Waals surface area contributed by atoms with E-state index >= 15 is 0 Å². The summed E-state index contributed by atoms with van der Waals surface area (Å²) < 4.78 is 27.5. The Morgan fingerprint density at radius 1 is 1.26 bits per heavy atom. The van der Waals surface area contributed by atoms with E-state index in [0.29, 0.717) is 18.1 Å². The van der Waals surface area contributed by atoms with E-state index in [1.165, 1.54) is 27.2 Å². The lowest BCUT2D eigenvalue weighted by molar-refractivity contribution is 0.102. The van der Waals surface area contributed by atoms with Crippen molar-refractivity contribution >= 4 is 33.4 Å². The molecule has 0 aliphatic carbocycles. The molecule has 0 aliphatic heterocycles. The van der Waals surface area contributed by atoms with Gasteiger partial charge in [0.2, 0.25) is 10.0 Å². The second-order valence-corrected chi connectivity index (χ2v) is 10.1. The van der Waals surface area contributed by atoms with Crippen molar-refractivity contribution in [3.05, 3.63) is 44.7 Å². The molecule has 0 fully saturated rings. The summed E-state index contributed by atoms with van der Waals surface area (Å²) in [6.07, 6.45) is 1.24. The molecule has 0 radical (unpaired) electrons. The van der Waals surface area contributed by atoms with Gasteiger partial charge in [-0.2, -0.15) is 4.31 Å². The van der Waals surface area contributed by atoms with Gasteiger partial charge in [0.05, 0.1) is 10.8 Å². The Labute approximate surface area is 184 Å². The third-order valence-corrected chi connectivity index (χ3v) is 7.45. The number of aromatic amines is 1. The van der Waals surface area contributed by atoms with Crippen molar-refractivity contribution in [1.82, 2.24) is 18.8 Å². The number of hydrogen-bond donors (Lipinski definition) is 2.